The maximum absolute atomic E-state index is 13.3. The van der Waals surface area contributed by atoms with Gasteiger partial charge >= 0.3 is 0 Å². The van der Waals surface area contributed by atoms with Gasteiger partial charge in [0.15, 0.2) is 11.6 Å². The molecule has 0 saturated carbocycles. The van der Waals surface area contributed by atoms with E-state index in [9.17, 15) is 13.6 Å². The van der Waals surface area contributed by atoms with E-state index in [1.165, 1.54) is 12.3 Å². The molecule has 0 aliphatic heterocycles. The van der Waals surface area contributed by atoms with Gasteiger partial charge in [-0.1, -0.05) is 29.8 Å². The van der Waals surface area contributed by atoms with E-state index in [2.05, 4.69) is 15.6 Å². The Hall–Kier alpha value is -3.28. The van der Waals surface area contributed by atoms with Crippen LogP contribution in [0.5, 0.6) is 0 Å². The summed E-state index contributed by atoms with van der Waals surface area (Å²) in [5.74, 6) is -1.77. The highest BCUT2D eigenvalue weighted by Gasteiger charge is 2.08. The lowest BCUT2D eigenvalue weighted by Crippen LogP contribution is -2.23. The fraction of sp³-hybridized carbons (Fsp3) is 0.100. The molecule has 0 saturated heterocycles. The minimum Gasteiger partial charge on any atom is -0.348 e. The zero-order valence-electron chi connectivity index (χ0n) is 14.1. The lowest BCUT2D eigenvalue weighted by Gasteiger charge is -2.09. The zero-order chi connectivity index (χ0) is 18.5. The number of hydrogen-bond acceptors (Lipinski definition) is 3. The molecule has 1 heterocycles. The first-order valence-corrected chi connectivity index (χ1v) is 8.03. The topological polar surface area (TPSA) is 54.0 Å². The summed E-state index contributed by atoms with van der Waals surface area (Å²) >= 11 is 0. The van der Waals surface area contributed by atoms with Gasteiger partial charge < -0.3 is 10.6 Å². The van der Waals surface area contributed by atoms with Crippen molar-refractivity contribution in [2.24, 2.45) is 0 Å². The second-order valence-corrected chi connectivity index (χ2v) is 5.86. The van der Waals surface area contributed by atoms with Gasteiger partial charge in [0.2, 0.25) is 0 Å². The van der Waals surface area contributed by atoms with Crippen LogP contribution in [0.15, 0.2) is 60.8 Å². The SMILES string of the molecule is Cc1cccc(CNC(=O)c2ccnc(Nc3ccc(F)c(F)c3)c2)c1. The average Bonchev–Trinajstić information content (AvgIpc) is 2.63. The lowest BCUT2D eigenvalue weighted by atomic mass is 10.1. The van der Waals surface area contributed by atoms with Crippen molar-refractivity contribution < 1.29 is 13.6 Å². The Labute approximate surface area is 149 Å². The molecule has 3 rings (SSSR count). The number of nitrogens with zero attached hydrogens (tertiary/aromatic N) is 1. The van der Waals surface area contributed by atoms with E-state index in [0.29, 0.717) is 23.6 Å². The Bertz CT molecular complexity index is 944. The minimum atomic E-state index is -0.956. The predicted molar refractivity (Wildman–Crippen MR) is 96.2 cm³/mol. The van der Waals surface area contributed by atoms with E-state index in [1.54, 1.807) is 12.1 Å². The quantitative estimate of drug-likeness (QED) is 0.717. The number of anilines is 2. The van der Waals surface area contributed by atoms with Crippen molar-refractivity contribution in [1.29, 1.82) is 0 Å². The molecule has 0 atom stereocenters. The molecule has 1 aromatic heterocycles. The van der Waals surface area contributed by atoms with Crippen LogP contribution in [0, 0.1) is 18.6 Å². The molecule has 2 aromatic carbocycles. The van der Waals surface area contributed by atoms with Crippen LogP contribution >= 0.6 is 0 Å². The number of pyridine rings is 1. The number of nitrogens with one attached hydrogen (secondary N) is 2. The minimum absolute atomic E-state index is 0.248. The summed E-state index contributed by atoms with van der Waals surface area (Å²) in [6.07, 6.45) is 1.48. The van der Waals surface area contributed by atoms with Crippen LogP contribution in [0.4, 0.5) is 20.3 Å². The number of benzene rings is 2. The van der Waals surface area contributed by atoms with Crippen LogP contribution < -0.4 is 10.6 Å². The summed E-state index contributed by atoms with van der Waals surface area (Å²) in [6, 6.07) is 14.5. The van der Waals surface area contributed by atoms with E-state index in [1.807, 2.05) is 31.2 Å². The molecule has 2 N–H and O–H groups in total. The summed E-state index contributed by atoms with van der Waals surface area (Å²) in [4.78, 5) is 16.4. The summed E-state index contributed by atoms with van der Waals surface area (Å²) in [7, 11) is 0. The van der Waals surface area contributed by atoms with Crippen LogP contribution in [-0.4, -0.2) is 10.9 Å². The molecule has 0 bridgehead atoms. The second kappa shape index (κ2) is 7.74. The number of halogens is 2. The van der Waals surface area contributed by atoms with Crippen LogP contribution in [0.1, 0.15) is 21.5 Å². The van der Waals surface area contributed by atoms with Gasteiger partial charge in [-0.2, -0.15) is 0 Å². The number of aromatic nitrogens is 1. The van der Waals surface area contributed by atoms with Crippen molar-refractivity contribution in [2.75, 3.05) is 5.32 Å². The first kappa shape index (κ1) is 17.5. The van der Waals surface area contributed by atoms with E-state index in [4.69, 9.17) is 0 Å². The third-order valence-corrected chi connectivity index (χ3v) is 3.75. The first-order valence-electron chi connectivity index (χ1n) is 8.03. The van der Waals surface area contributed by atoms with Gasteiger partial charge in [-0.25, -0.2) is 13.8 Å². The van der Waals surface area contributed by atoms with Gasteiger partial charge in [-0.05, 0) is 36.8 Å². The lowest BCUT2D eigenvalue weighted by molar-refractivity contribution is 0.0951. The number of carbonyl (C=O) groups excluding carboxylic acids is 1. The predicted octanol–water partition coefficient (Wildman–Crippen LogP) is 4.34. The van der Waals surface area contributed by atoms with Crippen molar-refractivity contribution in [3.8, 4) is 0 Å². The van der Waals surface area contributed by atoms with E-state index in [-0.39, 0.29) is 5.91 Å². The Morgan fingerprint density at radius 3 is 2.65 bits per heavy atom. The van der Waals surface area contributed by atoms with Gasteiger partial charge in [0, 0.05) is 30.1 Å². The molecule has 3 aromatic rings. The molecule has 1 amide bonds. The third-order valence-electron chi connectivity index (χ3n) is 3.75. The number of aryl methyl sites for hydroxylation is 1. The largest absolute Gasteiger partial charge is 0.348 e. The molecule has 6 heteroatoms. The Morgan fingerprint density at radius 1 is 1.04 bits per heavy atom. The maximum atomic E-state index is 13.3. The summed E-state index contributed by atoms with van der Waals surface area (Å²) in [6.45, 7) is 2.40. The molecule has 0 unspecified atom stereocenters. The fourth-order valence-corrected chi connectivity index (χ4v) is 2.47. The fourth-order valence-electron chi connectivity index (χ4n) is 2.47. The molecule has 0 fully saturated rings. The van der Waals surface area contributed by atoms with Crippen molar-refractivity contribution in [3.63, 3.8) is 0 Å². The summed E-state index contributed by atoms with van der Waals surface area (Å²) < 4.78 is 26.3. The van der Waals surface area contributed by atoms with Gasteiger partial charge in [0.1, 0.15) is 5.82 Å². The van der Waals surface area contributed by atoms with Crippen LogP contribution in [0.25, 0.3) is 0 Å². The molecular formula is C20H17F2N3O. The first-order chi connectivity index (χ1) is 12.5. The number of amides is 1. The monoisotopic (exact) mass is 353 g/mol. The zero-order valence-corrected chi connectivity index (χ0v) is 14.1. The smallest absolute Gasteiger partial charge is 0.251 e. The highest BCUT2D eigenvalue weighted by atomic mass is 19.2. The highest BCUT2D eigenvalue weighted by molar-refractivity contribution is 5.94. The van der Waals surface area contributed by atoms with Crippen LogP contribution in [0.2, 0.25) is 0 Å². The average molecular weight is 353 g/mol. The van der Waals surface area contributed by atoms with Crippen molar-refractivity contribution in [1.82, 2.24) is 10.3 Å². The molecule has 132 valence electrons. The van der Waals surface area contributed by atoms with Crippen molar-refractivity contribution in [2.45, 2.75) is 13.5 Å². The van der Waals surface area contributed by atoms with Crippen LogP contribution in [-0.2, 0) is 6.54 Å². The van der Waals surface area contributed by atoms with E-state index >= 15 is 0 Å². The number of rotatable bonds is 5. The van der Waals surface area contributed by atoms with Gasteiger partial charge in [-0.15, -0.1) is 0 Å². The molecule has 0 aliphatic rings. The summed E-state index contributed by atoms with van der Waals surface area (Å²) in [5, 5.41) is 5.70. The molecule has 0 aliphatic carbocycles. The maximum Gasteiger partial charge on any atom is 0.251 e. The van der Waals surface area contributed by atoms with Crippen LogP contribution in [0.3, 0.4) is 0 Å². The standard InChI is InChI=1S/C20H17F2N3O/c1-13-3-2-4-14(9-13)12-24-20(26)15-7-8-23-19(10-15)25-16-5-6-17(21)18(22)11-16/h2-11H,12H2,1H3,(H,23,25)(H,24,26). The molecular weight excluding hydrogens is 336 g/mol. The molecule has 0 spiro atoms. The van der Waals surface area contributed by atoms with Gasteiger partial charge in [-0.3, -0.25) is 4.79 Å². The van der Waals surface area contributed by atoms with E-state index < -0.39 is 11.6 Å². The molecule has 4 nitrogen and oxygen atoms in total. The Kier molecular flexibility index (Phi) is 5.22. The number of carbonyl (C=O) groups is 1. The van der Waals surface area contributed by atoms with Gasteiger partial charge in [0.05, 0.1) is 0 Å². The Balaban J connectivity index is 1.67. The van der Waals surface area contributed by atoms with E-state index in [0.717, 1.165) is 23.3 Å². The highest BCUT2D eigenvalue weighted by Crippen LogP contribution is 2.18. The normalized spacial score (nSPS) is 10.4. The Morgan fingerprint density at radius 2 is 1.88 bits per heavy atom. The van der Waals surface area contributed by atoms with Gasteiger partial charge in [0.25, 0.3) is 5.91 Å². The van der Waals surface area contributed by atoms with Crippen molar-refractivity contribution in [3.05, 3.63) is 89.1 Å². The number of hydrogen-bond donors (Lipinski definition) is 2. The molecule has 0 radical (unpaired) electrons. The summed E-state index contributed by atoms with van der Waals surface area (Å²) in [5.41, 5.74) is 2.89. The molecule has 26 heavy (non-hydrogen) atoms. The van der Waals surface area contributed by atoms with Crippen molar-refractivity contribution >= 4 is 17.4 Å². The second-order valence-electron chi connectivity index (χ2n) is 5.86. The third kappa shape index (κ3) is 4.42.